The molecule has 0 heterocycles. The topological polar surface area (TPSA) is 20.2 Å². The standard InChI is InChI=1S/C15H16O/c1-11(2)14-9-8-13(16)10-15(14)12-6-4-3-5-7-12/h3-11,16H,1-2H3. The maximum absolute atomic E-state index is 9.58. The zero-order chi connectivity index (χ0) is 11.5. The van der Waals surface area contributed by atoms with E-state index in [2.05, 4.69) is 26.0 Å². The fraction of sp³-hybridized carbons (Fsp3) is 0.200. The predicted octanol–water partition coefficient (Wildman–Crippen LogP) is 4.18. The van der Waals surface area contributed by atoms with E-state index in [0.29, 0.717) is 11.7 Å². The van der Waals surface area contributed by atoms with Gasteiger partial charge in [-0.2, -0.15) is 0 Å². The third-order valence-corrected chi connectivity index (χ3v) is 2.74. The summed E-state index contributed by atoms with van der Waals surface area (Å²) in [7, 11) is 0. The lowest BCUT2D eigenvalue weighted by Crippen LogP contribution is -1.91. The van der Waals surface area contributed by atoms with Gasteiger partial charge in [-0.25, -0.2) is 0 Å². The van der Waals surface area contributed by atoms with Gasteiger partial charge in [-0.3, -0.25) is 0 Å². The van der Waals surface area contributed by atoms with E-state index in [9.17, 15) is 5.11 Å². The molecule has 0 unspecified atom stereocenters. The van der Waals surface area contributed by atoms with Crippen LogP contribution in [-0.4, -0.2) is 5.11 Å². The molecule has 0 bridgehead atoms. The Morgan fingerprint density at radius 2 is 1.62 bits per heavy atom. The van der Waals surface area contributed by atoms with Crippen molar-refractivity contribution in [1.82, 2.24) is 0 Å². The first kappa shape index (κ1) is 10.7. The lowest BCUT2D eigenvalue weighted by Gasteiger charge is -2.13. The van der Waals surface area contributed by atoms with Gasteiger partial charge in [-0.15, -0.1) is 0 Å². The minimum Gasteiger partial charge on any atom is -0.508 e. The molecule has 2 aromatic carbocycles. The van der Waals surface area contributed by atoms with Crippen LogP contribution in [0.2, 0.25) is 0 Å². The van der Waals surface area contributed by atoms with E-state index in [-0.39, 0.29) is 0 Å². The van der Waals surface area contributed by atoms with Gasteiger partial charge in [0.1, 0.15) is 5.75 Å². The number of hydrogen-bond donors (Lipinski definition) is 1. The summed E-state index contributed by atoms with van der Waals surface area (Å²) in [6.45, 7) is 4.33. The van der Waals surface area contributed by atoms with Crippen LogP contribution >= 0.6 is 0 Å². The summed E-state index contributed by atoms with van der Waals surface area (Å²) in [5, 5.41) is 9.58. The molecule has 0 spiro atoms. The van der Waals surface area contributed by atoms with Gasteiger partial charge in [0.15, 0.2) is 0 Å². The van der Waals surface area contributed by atoms with E-state index in [1.807, 2.05) is 30.3 Å². The van der Waals surface area contributed by atoms with Gasteiger partial charge < -0.3 is 5.11 Å². The molecular formula is C15H16O. The highest BCUT2D eigenvalue weighted by atomic mass is 16.3. The minimum atomic E-state index is 0.322. The van der Waals surface area contributed by atoms with E-state index in [1.165, 1.54) is 5.56 Å². The normalized spacial score (nSPS) is 10.7. The average Bonchev–Trinajstić information content (AvgIpc) is 2.29. The number of phenolic OH excluding ortho intramolecular Hbond substituents is 1. The van der Waals surface area contributed by atoms with Crippen LogP contribution in [0, 0.1) is 0 Å². The molecule has 2 rings (SSSR count). The third-order valence-electron chi connectivity index (χ3n) is 2.74. The quantitative estimate of drug-likeness (QED) is 0.791. The SMILES string of the molecule is CC(C)c1ccc(O)cc1-c1ccccc1. The summed E-state index contributed by atoms with van der Waals surface area (Å²) >= 11 is 0. The van der Waals surface area contributed by atoms with Crippen molar-refractivity contribution in [1.29, 1.82) is 0 Å². The Kier molecular flexibility index (Phi) is 2.95. The van der Waals surface area contributed by atoms with Crippen LogP contribution < -0.4 is 0 Å². The van der Waals surface area contributed by atoms with Gasteiger partial charge in [-0.05, 0) is 34.7 Å². The molecule has 0 saturated carbocycles. The molecular weight excluding hydrogens is 196 g/mol. The largest absolute Gasteiger partial charge is 0.508 e. The van der Waals surface area contributed by atoms with Crippen molar-refractivity contribution in [3.63, 3.8) is 0 Å². The molecule has 0 radical (unpaired) electrons. The lowest BCUT2D eigenvalue weighted by molar-refractivity contribution is 0.475. The molecule has 0 aliphatic rings. The number of aromatic hydroxyl groups is 1. The van der Waals surface area contributed by atoms with E-state index in [0.717, 1.165) is 11.1 Å². The summed E-state index contributed by atoms with van der Waals surface area (Å²) in [4.78, 5) is 0. The maximum atomic E-state index is 9.58. The molecule has 0 fully saturated rings. The summed E-state index contributed by atoms with van der Waals surface area (Å²) in [5.41, 5.74) is 3.54. The minimum absolute atomic E-state index is 0.322. The maximum Gasteiger partial charge on any atom is 0.116 e. The first-order chi connectivity index (χ1) is 7.68. The zero-order valence-corrected chi connectivity index (χ0v) is 9.64. The highest BCUT2D eigenvalue weighted by Gasteiger charge is 2.08. The molecule has 2 aromatic rings. The Morgan fingerprint density at radius 1 is 0.938 bits per heavy atom. The lowest BCUT2D eigenvalue weighted by atomic mass is 9.92. The van der Waals surface area contributed by atoms with Crippen LogP contribution in [0.15, 0.2) is 48.5 Å². The molecule has 1 N–H and O–H groups in total. The summed E-state index contributed by atoms with van der Waals surface area (Å²) in [5.74, 6) is 0.777. The fourth-order valence-corrected chi connectivity index (χ4v) is 1.92. The smallest absolute Gasteiger partial charge is 0.116 e. The van der Waals surface area contributed by atoms with E-state index < -0.39 is 0 Å². The second-order valence-corrected chi connectivity index (χ2v) is 4.29. The third kappa shape index (κ3) is 2.08. The van der Waals surface area contributed by atoms with Crippen LogP contribution in [0.25, 0.3) is 11.1 Å². The highest BCUT2D eigenvalue weighted by Crippen LogP contribution is 2.31. The van der Waals surface area contributed by atoms with E-state index in [4.69, 9.17) is 0 Å². The van der Waals surface area contributed by atoms with Crippen LogP contribution in [0.3, 0.4) is 0 Å². The van der Waals surface area contributed by atoms with Crippen molar-refractivity contribution >= 4 is 0 Å². The Morgan fingerprint density at radius 3 is 2.25 bits per heavy atom. The number of rotatable bonds is 2. The summed E-state index contributed by atoms with van der Waals surface area (Å²) < 4.78 is 0. The van der Waals surface area contributed by atoms with Gasteiger partial charge in [0.2, 0.25) is 0 Å². The van der Waals surface area contributed by atoms with Gasteiger partial charge in [-0.1, -0.05) is 50.2 Å². The second-order valence-electron chi connectivity index (χ2n) is 4.29. The summed E-state index contributed by atoms with van der Waals surface area (Å²) in [6, 6.07) is 15.8. The molecule has 0 aromatic heterocycles. The van der Waals surface area contributed by atoms with Crippen molar-refractivity contribution in [2.75, 3.05) is 0 Å². The van der Waals surface area contributed by atoms with E-state index in [1.54, 1.807) is 6.07 Å². The van der Waals surface area contributed by atoms with Crippen molar-refractivity contribution in [3.8, 4) is 16.9 Å². The molecule has 1 heteroatoms. The Bertz CT molecular complexity index is 472. The van der Waals surface area contributed by atoms with Gasteiger partial charge in [0.25, 0.3) is 0 Å². The van der Waals surface area contributed by atoms with E-state index >= 15 is 0 Å². The first-order valence-corrected chi connectivity index (χ1v) is 5.57. The molecule has 0 atom stereocenters. The molecule has 1 nitrogen and oxygen atoms in total. The molecule has 0 saturated heterocycles. The van der Waals surface area contributed by atoms with Crippen LogP contribution in [0.4, 0.5) is 0 Å². The molecule has 0 amide bonds. The monoisotopic (exact) mass is 212 g/mol. The molecule has 82 valence electrons. The van der Waals surface area contributed by atoms with Crippen LogP contribution in [-0.2, 0) is 0 Å². The zero-order valence-electron chi connectivity index (χ0n) is 9.64. The predicted molar refractivity (Wildman–Crippen MR) is 67.6 cm³/mol. The Balaban J connectivity index is 2.58. The van der Waals surface area contributed by atoms with Gasteiger partial charge in [0.05, 0.1) is 0 Å². The number of phenols is 1. The molecule has 0 aliphatic heterocycles. The Hall–Kier alpha value is -1.76. The van der Waals surface area contributed by atoms with Gasteiger partial charge in [0, 0.05) is 0 Å². The second kappa shape index (κ2) is 4.40. The van der Waals surface area contributed by atoms with Crippen molar-refractivity contribution in [2.24, 2.45) is 0 Å². The van der Waals surface area contributed by atoms with Crippen molar-refractivity contribution < 1.29 is 5.11 Å². The highest BCUT2D eigenvalue weighted by molar-refractivity contribution is 5.69. The van der Waals surface area contributed by atoms with Crippen molar-refractivity contribution in [2.45, 2.75) is 19.8 Å². The average molecular weight is 212 g/mol. The van der Waals surface area contributed by atoms with Crippen LogP contribution in [0.1, 0.15) is 25.3 Å². The molecule has 0 aliphatic carbocycles. The first-order valence-electron chi connectivity index (χ1n) is 5.57. The van der Waals surface area contributed by atoms with Crippen molar-refractivity contribution in [3.05, 3.63) is 54.1 Å². The summed E-state index contributed by atoms with van der Waals surface area (Å²) in [6.07, 6.45) is 0. The van der Waals surface area contributed by atoms with Crippen LogP contribution in [0.5, 0.6) is 5.75 Å². The molecule has 16 heavy (non-hydrogen) atoms. The van der Waals surface area contributed by atoms with Gasteiger partial charge >= 0.3 is 0 Å². The Labute approximate surface area is 96.4 Å². The number of benzene rings is 2. The fourth-order valence-electron chi connectivity index (χ4n) is 1.92. The number of hydrogen-bond acceptors (Lipinski definition) is 1.